The minimum Gasteiger partial charge on any atom is -0.490 e. The fourth-order valence-electron chi connectivity index (χ4n) is 3.41. The van der Waals surface area contributed by atoms with E-state index in [9.17, 15) is 14.0 Å². The molecule has 7 heteroatoms. The van der Waals surface area contributed by atoms with E-state index in [2.05, 4.69) is 13.2 Å². The van der Waals surface area contributed by atoms with Crippen molar-refractivity contribution in [3.63, 3.8) is 0 Å². The summed E-state index contributed by atoms with van der Waals surface area (Å²) in [5.74, 6) is -0.0197. The Labute approximate surface area is 240 Å². The van der Waals surface area contributed by atoms with Crippen molar-refractivity contribution in [1.82, 2.24) is 0 Å². The minimum absolute atomic E-state index is 0.0973. The highest BCUT2D eigenvalue weighted by atomic mass is 19.1. The third-order valence-corrected chi connectivity index (χ3v) is 5.59. The number of ether oxygens (including phenoxy) is 4. The van der Waals surface area contributed by atoms with Gasteiger partial charge >= 0.3 is 11.9 Å². The summed E-state index contributed by atoms with van der Waals surface area (Å²) in [6.45, 7) is 10.9. The van der Waals surface area contributed by atoms with Crippen LogP contribution < -0.4 is 9.47 Å². The van der Waals surface area contributed by atoms with Gasteiger partial charge in [-0.3, -0.25) is 0 Å². The Morgan fingerprint density at radius 2 is 1.24 bits per heavy atom. The van der Waals surface area contributed by atoms with Gasteiger partial charge in [-0.15, -0.1) is 0 Å². The highest BCUT2D eigenvalue weighted by molar-refractivity contribution is 5.87. The molecule has 0 atom stereocenters. The van der Waals surface area contributed by atoms with Gasteiger partial charge in [-0.05, 0) is 49.2 Å². The molecule has 0 fully saturated rings. The number of carbonyl (C=O) groups excluding carboxylic acids is 2. The van der Waals surface area contributed by atoms with Crippen LogP contribution in [-0.4, -0.2) is 38.4 Å². The third-order valence-electron chi connectivity index (χ3n) is 5.59. The molecule has 3 aromatic rings. The van der Waals surface area contributed by atoms with Gasteiger partial charge in [-0.25, -0.2) is 14.0 Å². The molecular formula is C34H33FO6. The molecule has 0 aromatic heterocycles. The quantitative estimate of drug-likeness (QED) is 0.0908. The number of esters is 2. The van der Waals surface area contributed by atoms with Crippen molar-refractivity contribution in [3.05, 3.63) is 119 Å². The van der Waals surface area contributed by atoms with Crippen LogP contribution in [0.4, 0.5) is 4.39 Å². The Kier molecular flexibility index (Phi) is 11.7. The second kappa shape index (κ2) is 15.6. The van der Waals surface area contributed by atoms with Crippen LogP contribution in [0.3, 0.4) is 0 Å². The summed E-state index contributed by atoms with van der Waals surface area (Å²) in [6, 6.07) is 19.7. The van der Waals surface area contributed by atoms with E-state index < -0.39 is 11.9 Å². The fraction of sp³-hybridized carbons (Fsp3) is 0.176. The zero-order valence-electron chi connectivity index (χ0n) is 23.2. The summed E-state index contributed by atoms with van der Waals surface area (Å²) >= 11 is 0. The Hall–Kier alpha value is -4.91. The van der Waals surface area contributed by atoms with Gasteiger partial charge in [0.25, 0.3) is 0 Å². The SMILES string of the molecule is C=C(C)C(=O)OCCOc1ccc(C=Cc2ccc(C=Cc3ccccc3OCCOC(=O)C(=C)C)c(F)c2)cc1. The zero-order chi connectivity index (χ0) is 29.6. The molecule has 0 aliphatic rings. The largest absolute Gasteiger partial charge is 0.490 e. The Morgan fingerprint density at radius 3 is 1.88 bits per heavy atom. The van der Waals surface area contributed by atoms with E-state index in [1.807, 2.05) is 60.7 Å². The summed E-state index contributed by atoms with van der Waals surface area (Å²) in [5, 5.41) is 0. The highest BCUT2D eigenvalue weighted by Crippen LogP contribution is 2.22. The predicted molar refractivity (Wildman–Crippen MR) is 160 cm³/mol. The molecule has 41 heavy (non-hydrogen) atoms. The lowest BCUT2D eigenvalue weighted by Gasteiger charge is -2.10. The number of rotatable bonds is 14. The van der Waals surface area contributed by atoms with Crippen LogP contribution in [0.25, 0.3) is 24.3 Å². The van der Waals surface area contributed by atoms with Crippen LogP contribution >= 0.6 is 0 Å². The van der Waals surface area contributed by atoms with E-state index in [1.165, 1.54) is 6.07 Å². The Morgan fingerprint density at radius 1 is 0.683 bits per heavy atom. The molecule has 0 saturated heterocycles. The van der Waals surface area contributed by atoms with E-state index in [0.29, 0.717) is 33.8 Å². The van der Waals surface area contributed by atoms with Crippen molar-refractivity contribution >= 4 is 36.2 Å². The average Bonchev–Trinajstić information content (AvgIpc) is 2.96. The number of halogens is 1. The van der Waals surface area contributed by atoms with Gasteiger partial charge in [0.05, 0.1) is 0 Å². The van der Waals surface area contributed by atoms with Crippen molar-refractivity contribution in [2.24, 2.45) is 0 Å². The van der Waals surface area contributed by atoms with Crippen LogP contribution in [0.5, 0.6) is 11.5 Å². The molecule has 3 aromatic carbocycles. The molecule has 212 valence electrons. The van der Waals surface area contributed by atoms with Crippen LogP contribution in [-0.2, 0) is 19.1 Å². The van der Waals surface area contributed by atoms with Crippen molar-refractivity contribution in [2.45, 2.75) is 13.8 Å². The highest BCUT2D eigenvalue weighted by Gasteiger charge is 2.06. The van der Waals surface area contributed by atoms with Crippen molar-refractivity contribution < 1.29 is 32.9 Å². The second-order valence-electron chi connectivity index (χ2n) is 9.08. The summed E-state index contributed by atoms with van der Waals surface area (Å²) in [6.07, 6.45) is 7.17. The summed E-state index contributed by atoms with van der Waals surface area (Å²) < 4.78 is 36.2. The molecule has 0 bridgehead atoms. The molecule has 0 aliphatic heterocycles. The summed E-state index contributed by atoms with van der Waals surface area (Å²) in [7, 11) is 0. The standard InChI is InChI=1S/C34H33FO6/c1-24(2)33(36)40-21-19-38-30-17-12-26(13-18-30)9-10-27-11-14-28(31(35)23-27)15-16-29-7-5-6-8-32(29)39-20-22-41-34(37)25(3)4/h5-18,23H,1,3,19-22H2,2,4H3. The van der Waals surface area contributed by atoms with Crippen molar-refractivity contribution in [3.8, 4) is 11.5 Å². The number of hydrogen-bond donors (Lipinski definition) is 0. The lowest BCUT2D eigenvalue weighted by molar-refractivity contribution is -0.140. The van der Waals surface area contributed by atoms with Crippen LogP contribution in [0.15, 0.2) is 91.0 Å². The van der Waals surface area contributed by atoms with Gasteiger partial charge in [0.2, 0.25) is 0 Å². The molecule has 0 radical (unpaired) electrons. The van der Waals surface area contributed by atoms with E-state index in [4.69, 9.17) is 18.9 Å². The van der Waals surface area contributed by atoms with Crippen LogP contribution in [0.2, 0.25) is 0 Å². The maximum atomic E-state index is 14.8. The average molecular weight is 557 g/mol. The zero-order valence-corrected chi connectivity index (χ0v) is 23.2. The van der Waals surface area contributed by atoms with Gasteiger partial charge in [-0.1, -0.05) is 79.9 Å². The van der Waals surface area contributed by atoms with Gasteiger partial charge < -0.3 is 18.9 Å². The number of para-hydroxylation sites is 1. The Bertz CT molecular complexity index is 1440. The van der Waals surface area contributed by atoms with Crippen molar-refractivity contribution in [1.29, 1.82) is 0 Å². The minimum atomic E-state index is -0.462. The first kappa shape index (κ1) is 30.6. The lowest BCUT2D eigenvalue weighted by Crippen LogP contribution is -2.12. The number of hydrogen-bond acceptors (Lipinski definition) is 6. The lowest BCUT2D eigenvalue weighted by atomic mass is 10.1. The molecule has 0 N–H and O–H groups in total. The first-order chi connectivity index (χ1) is 19.7. The monoisotopic (exact) mass is 556 g/mol. The van der Waals surface area contributed by atoms with E-state index in [0.717, 1.165) is 11.1 Å². The maximum Gasteiger partial charge on any atom is 0.333 e. The normalized spacial score (nSPS) is 10.9. The van der Waals surface area contributed by atoms with E-state index >= 15 is 0 Å². The van der Waals surface area contributed by atoms with E-state index in [-0.39, 0.29) is 32.2 Å². The van der Waals surface area contributed by atoms with Crippen LogP contribution in [0.1, 0.15) is 36.1 Å². The number of carbonyl (C=O) groups is 2. The smallest absolute Gasteiger partial charge is 0.333 e. The Balaban J connectivity index is 1.54. The maximum absolute atomic E-state index is 14.8. The fourth-order valence-corrected chi connectivity index (χ4v) is 3.41. The third kappa shape index (κ3) is 10.3. The van der Waals surface area contributed by atoms with Crippen LogP contribution in [0, 0.1) is 5.82 Å². The first-order valence-electron chi connectivity index (χ1n) is 13.0. The van der Waals surface area contributed by atoms with Gasteiger partial charge in [-0.2, -0.15) is 0 Å². The summed E-state index contributed by atoms with van der Waals surface area (Å²) in [4.78, 5) is 22.9. The molecule has 6 nitrogen and oxygen atoms in total. The van der Waals surface area contributed by atoms with Gasteiger partial charge in [0.15, 0.2) is 0 Å². The summed E-state index contributed by atoms with van der Waals surface area (Å²) in [5.41, 5.74) is 3.51. The van der Waals surface area contributed by atoms with Gasteiger partial charge in [0, 0.05) is 22.3 Å². The molecule has 3 rings (SSSR count). The second-order valence-corrected chi connectivity index (χ2v) is 9.08. The van der Waals surface area contributed by atoms with Gasteiger partial charge in [0.1, 0.15) is 43.7 Å². The first-order valence-corrected chi connectivity index (χ1v) is 13.0. The molecule has 0 saturated carbocycles. The molecule has 0 unspecified atom stereocenters. The molecule has 0 heterocycles. The number of benzene rings is 3. The predicted octanol–water partition coefficient (Wildman–Crippen LogP) is 7.16. The topological polar surface area (TPSA) is 71.1 Å². The van der Waals surface area contributed by atoms with E-state index in [1.54, 1.807) is 38.1 Å². The van der Waals surface area contributed by atoms with Crippen molar-refractivity contribution in [2.75, 3.05) is 26.4 Å². The molecular weight excluding hydrogens is 523 g/mol. The molecule has 0 aliphatic carbocycles. The molecule has 0 amide bonds. The molecule has 0 spiro atoms.